The monoisotopic (exact) mass is 391 g/mol. The number of rotatable bonds is 7. The van der Waals surface area contributed by atoms with Crippen molar-refractivity contribution in [3.63, 3.8) is 0 Å². The third-order valence-corrected chi connectivity index (χ3v) is 4.84. The van der Waals surface area contributed by atoms with Gasteiger partial charge in [-0.15, -0.1) is 17.5 Å². The summed E-state index contributed by atoms with van der Waals surface area (Å²) in [4.78, 5) is 2.45. The van der Waals surface area contributed by atoms with E-state index >= 15 is 0 Å². The zero-order chi connectivity index (χ0) is 17.8. The first-order valence-electron chi connectivity index (χ1n) is 9.22. The molecule has 4 rings (SSSR count). The molecule has 0 unspecified atom stereocenters. The van der Waals surface area contributed by atoms with Gasteiger partial charge in [0.2, 0.25) is 5.89 Å². The number of aryl methyl sites for hydroxylation is 1. The van der Waals surface area contributed by atoms with Crippen LogP contribution in [-0.4, -0.2) is 59.1 Å². The zero-order valence-corrected chi connectivity index (χ0v) is 16.4. The number of anilines is 1. The van der Waals surface area contributed by atoms with Gasteiger partial charge in [-0.05, 0) is 43.0 Å². The van der Waals surface area contributed by atoms with Gasteiger partial charge in [-0.3, -0.25) is 4.90 Å². The fourth-order valence-corrected chi connectivity index (χ4v) is 3.29. The molecule has 3 aromatic rings. The molecule has 0 bridgehead atoms. The van der Waals surface area contributed by atoms with E-state index in [-0.39, 0.29) is 12.4 Å². The maximum Gasteiger partial charge on any atom is 0.315 e. The highest BCUT2D eigenvalue weighted by Crippen LogP contribution is 2.24. The Hall–Kier alpha value is -2.09. The van der Waals surface area contributed by atoms with Gasteiger partial charge in [-0.2, -0.15) is 0 Å². The zero-order valence-electron chi connectivity index (χ0n) is 15.6. The van der Waals surface area contributed by atoms with Crippen LogP contribution in [0.15, 0.2) is 34.9 Å². The second-order valence-corrected chi connectivity index (χ2v) is 6.70. The highest BCUT2D eigenvalue weighted by Gasteiger charge is 2.11. The Morgan fingerprint density at radius 2 is 1.96 bits per heavy atom. The average molecular weight is 392 g/mol. The van der Waals surface area contributed by atoms with Crippen molar-refractivity contribution in [3.05, 3.63) is 30.5 Å². The predicted octanol–water partition coefficient (Wildman–Crippen LogP) is 3.17. The highest BCUT2D eigenvalue weighted by molar-refractivity contribution is 5.85. The predicted molar refractivity (Wildman–Crippen MR) is 108 cm³/mol. The van der Waals surface area contributed by atoms with Crippen molar-refractivity contribution in [2.75, 3.05) is 44.7 Å². The summed E-state index contributed by atoms with van der Waals surface area (Å²) in [5, 5.41) is 12.7. The van der Waals surface area contributed by atoms with Gasteiger partial charge in [0.15, 0.2) is 0 Å². The molecule has 0 aliphatic carbocycles. The molecule has 8 heteroatoms. The van der Waals surface area contributed by atoms with Crippen molar-refractivity contribution < 1.29 is 9.15 Å². The van der Waals surface area contributed by atoms with Crippen LogP contribution in [0.4, 0.5) is 6.01 Å². The maximum atomic E-state index is 5.76. The standard InChI is InChI=1S/C19H25N5O2.ClH/c1-23-9-6-15-4-5-16(14-17(15)23)18-21-22-19(26-18)20-7-2-3-8-24-10-12-25-13-11-24;/h4-6,9,14H,2-3,7-8,10-13H2,1H3,(H,20,22);1H. The van der Waals surface area contributed by atoms with Gasteiger partial charge < -0.3 is 19.0 Å². The van der Waals surface area contributed by atoms with E-state index in [1.165, 1.54) is 5.39 Å². The lowest BCUT2D eigenvalue weighted by Crippen LogP contribution is -2.36. The van der Waals surface area contributed by atoms with Crippen LogP contribution in [-0.2, 0) is 11.8 Å². The number of nitrogens with zero attached hydrogens (tertiary/aromatic N) is 4. The van der Waals surface area contributed by atoms with Gasteiger partial charge >= 0.3 is 6.01 Å². The molecule has 146 valence electrons. The lowest BCUT2D eigenvalue weighted by atomic mass is 10.1. The SMILES string of the molecule is Cl.Cn1ccc2ccc(-c3nnc(NCCCCN4CCOCC4)o3)cc21. The van der Waals surface area contributed by atoms with Gasteiger partial charge in [0.1, 0.15) is 0 Å². The molecule has 27 heavy (non-hydrogen) atoms. The first-order valence-corrected chi connectivity index (χ1v) is 9.22. The Morgan fingerprint density at radius 1 is 1.11 bits per heavy atom. The quantitative estimate of drug-likeness (QED) is 0.624. The molecule has 1 N–H and O–H groups in total. The molecule has 1 saturated heterocycles. The molecule has 1 aromatic carbocycles. The molecule has 0 radical (unpaired) electrons. The number of halogens is 1. The molecule has 1 aliphatic rings. The normalized spacial score (nSPS) is 15.0. The van der Waals surface area contributed by atoms with Crippen LogP contribution in [0.1, 0.15) is 12.8 Å². The second-order valence-electron chi connectivity index (χ2n) is 6.70. The third kappa shape index (κ3) is 4.80. The molecular formula is C19H26ClN5O2. The molecule has 3 heterocycles. The Labute approximate surface area is 165 Å². The second kappa shape index (κ2) is 9.21. The number of hydrogen-bond donors (Lipinski definition) is 1. The van der Waals surface area contributed by atoms with E-state index in [1.54, 1.807) is 0 Å². The Balaban J connectivity index is 0.00000210. The smallest absolute Gasteiger partial charge is 0.315 e. The van der Waals surface area contributed by atoms with Crippen molar-refractivity contribution in [2.24, 2.45) is 7.05 Å². The van der Waals surface area contributed by atoms with Gasteiger partial charge in [-0.1, -0.05) is 11.2 Å². The summed E-state index contributed by atoms with van der Waals surface area (Å²) < 4.78 is 13.2. The molecule has 0 saturated carbocycles. The van der Waals surface area contributed by atoms with E-state index in [4.69, 9.17) is 9.15 Å². The van der Waals surface area contributed by atoms with Gasteiger partial charge in [0, 0.05) is 44.0 Å². The first-order chi connectivity index (χ1) is 12.8. The minimum atomic E-state index is 0. The highest BCUT2D eigenvalue weighted by atomic mass is 35.5. The topological polar surface area (TPSA) is 68.4 Å². The summed E-state index contributed by atoms with van der Waals surface area (Å²) in [5.74, 6) is 0.545. The number of hydrogen-bond acceptors (Lipinski definition) is 6. The van der Waals surface area contributed by atoms with E-state index in [2.05, 4.69) is 43.2 Å². The van der Waals surface area contributed by atoms with Crippen LogP contribution < -0.4 is 5.32 Å². The Bertz CT molecular complexity index is 857. The number of unbranched alkanes of at least 4 members (excludes halogenated alkanes) is 1. The van der Waals surface area contributed by atoms with Crippen LogP contribution in [0.5, 0.6) is 0 Å². The summed E-state index contributed by atoms with van der Waals surface area (Å²) >= 11 is 0. The number of morpholine rings is 1. The molecule has 7 nitrogen and oxygen atoms in total. The Kier molecular flexibility index (Phi) is 6.71. The summed E-state index contributed by atoms with van der Waals surface area (Å²) in [6, 6.07) is 8.75. The van der Waals surface area contributed by atoms with E-state index in [0.29, 0.717) is 11.9 Å². The van der Waals surface area contributed by atoms with Crippen LogP contribution in [0, 0.1) is 0 Å². The summed E-state index contributed by atoms with van der Waals surface area (Å²) in [7, 11) is 2.03. The van der Waals surface area contributed by atoms with Crippen molar-refractivity contribution in [2.45, 2.75) is 12.8 Å². The fourth-order valence-electron chi connectivity index (χ4n) is 3.29. The number of ether oxygens (including phenoxy) is 1. The van der Waals surface area contributed by atoms with Crippen LogP contribution in [0.2, 0.25) is 0 Å². The van der Waals surface area contributed by atoms with Gasteiger partial charge in [0.25, 0.3) is 0 Å². The fraction of sp³-hybridized carbons (Fsp3) is 0.474. The van der Waals surface area contributed by atoms with Crippen LogP contribution in [0.3, 0.4) is 0 Å². The summed E-state index contributed by atoms with van der Waals surface area (Å²) in [6.45, 7) is 5.77. The molecule has 0 spiro atoms. The lowest BCUT2D eigenvalue weighted by molar-refractivity contribution is 0.0373. The number of nitrogens with one attached hydrogen (secondary N) is 1. The van der Waals surface area contributed by atoms with E-state index < -0.39 is 0 Å². The Morgan fingerprint density at radius 3 is 2.81 bits per heavy atom. The van der Waals surface area contributed by atoms with Gasteiger partial charge in [-0.25, -0.2) is 0 Å². The summed E-state index contributed by atoms with van der Waals surface area (Å²) in [6.07, 6.45) is 4.27. The minimum absolute atomic E-state index is 0. The summed E-state index contributed by atoms with van der Waals surface area (Å²) in [5.41, 5.74) is 2.09. The third-order valence-electron chi connectivity index (χ3n) is 4.84. The van der Waals surface area contributed by atoms with E-state index in [0.717, 1.165) is 63.3 Å². The van der Waals surface area contributed by atoms with Crippen LogP contribution >= 0.6 is 12.4 Å². The molecule has 1 aliphatic heterocycles. The molecular weight excluding hydrogens is 366 g/mol. The van der Waals surface area contributed by atoms with Crippen molar-refractivity contribution in [1.29, 1.82) is 0 Å². The maximum absolute atomic E-state index is 5.76. The van der Waals surface area contributed by atoms with Crippen molar-refractivity contribution in [1.82, 2.24) is 19.7 Å². The number of benzene rings is 1. The van der Waals surface area contributed by atoms with Crippen molar-refractivity contribution in [3.8, 4) is 11.5 Å². The van der Waals surface area contributed by atoms with Gasteiger partial charge in [0.05, 0.1) is 13.2 Å². The molecule has 0 amide bonds. The number of aromatic nitrogens is 3. The molecule has 0 atom stereocenters. The minimum Gasteiger partial charge on any atom is -0.403 e. The molecule has 1 fully saturated rings. The van der Waals surface area contributed by atoms with E-state index in [1.807, 2.05) is 19.3 Å². The van der Waals surface area contributed by atoms with Crippen molar-refractivity contribution >= 4 is 29.3 Å². The average Bonchev–Trinajstić information content (AvgIpc) is 3.29. The van der Waals surface area contributed by atoms with Crippen LogP contribution in [0.25, 0.3) is 22.4 Å². The molecule has 2 aromatic heterocycles. The first kappa shape index (κ1) is 19.7. The lowest BCUT2D eigenvalue weighted by Gasteiger charge is -2.26. The number of fused-ring (bicyclic) bond motifs is 1. The van der Waals surface area contributed by atoms with E-state index in [9.17, 15) is 0 Å². The largest absolute Gasteiger partial charge is 0.403 e.